The molecule has 2 aromatic carbocycles. The Morgan fingerprint density at radius 2 is 1.88 bits per heavy atom. The number of carbonyl (C=O) groups is 2. The maximum Gasteiger partial charge on any atom is 0.348 e. The predicted molar refractivity (Wildman–Crippen MR) is 99.7 cm³/mol. The fraction of sp³-hybridized carbons (Fsp3) is 0.200. The number of halogens is 1. The van der Waals surface area contributed by atoms with Crippen molar-refractivity contribution >= 4 is 33.3 Å². The summed E-state index contributed by atoms with van der Waals surface area (Å²) in [4.78, 5) is 26.3. The average molecular weight is 371 g/mol. The van der Waals surface area contributed by atoms with E-state index in [1.807, 2.05) is 37.3 Å². The number of hydrogen-bond donors (Lipinski definition) is 0. The second-order valence-corrected chi connectivity index (χ2v) is 7.01. The van der Waals surface area contributed by atoms with Gasteiger partial charge in [-0.05, 0) is 30.7 Å². The first-order valence-corrected chi connectivity index (χ1v) is 8.95. The minimum Gasteiger partial charge on any atom is -0.451 e. The number of rotatable bonds is 5. The Morgan fingerprint density at radius 3 is 2.58 bits per heavy atom. The van der Waals surface area contributed by atoms with E-state index >= 15 is 0 Å². The van der Waals surface area contributed by atoms with Crippen LogP contribution in [0.25, 0.3) is 10.1 Å². The zero-order chi connectivity index (χ0) is 18.7. The molecule has 0 bridgehead atoms. The zero-order valence-electron chi connectivity index (χ0n) is 14.4. The molecule has 0 saturated carbocycles. The maximum atomic E-state index is 13.7. The van der Waals surface area contributed by atoms with Gasteiger partial charge in [0.15, 0.2) is 6.61 Å². The highest BCUT2D eigenvalue weighted by molar-refractivity contribution is 7.20. The fourth-order valence-corrected chi connectivity index (χ4v) is 3.57. The van der Waals surface area contributed by atoms with Gasteiger partial charge in [-0.25, -0.2) is 9.18 Å². The lowest BCUT2D eigenvalue weighted by molar-refractivity contribution is -0.135. The zero-order valence-corrected chi connectivity index (χ0v) is 15.3. The summed E-state index contributed by atoms with van der Waals surface area (Å²) in [5.74, 6) is -1.31. The maximum absolute atomic E-state index is 13.7. The monoisotopic (exact) mass is 371 g/mol. The Hall–Kier alpha value is -2.73. The third-order valence-electron chi connectivity index (χ3n) is 4.29. The minimum absolute atomic E-state index is 0.138. The summed E-state index contributed by atoms with van der Waals surface area (Å²) in [6, 6.07) is 15.6. The standard InChI is InChI=1S/C20H18FNO3S/c1-13(14-7-4-3-5-8-14)22(2)19(23)12-25-20(24)18-11-15-16(21)9-6-10-17(15)26-18/h3-11,13H,12H2,1-2H3/t13-/m0/s1. The van der Waals surface area contributed by atoms with Crippen LogP contribution in [-0.4, -0.2) is 30.4 Å². The summed E-state index contributed by atoms with van der Waals surface area (Å²) < 4.78 is 19.5. The Morgan fingerprint density at radius 1 is 1.15 bits per heavy atom. The molecule has 0 aliphatic heterocycles. The number of benzene rings is 2. The van der Waals surface area contributed by atoms with Crippen molar-refractivity contribution in [1.29, 1.82) is 0 Å². The fourth-order valence-electron chi connectivity index (χ4n) is 2.60. The topological polar surface area (TPSA) is 46.6 Å². The van der Waals surface area contributed by atoms with Gasteiger partial charge in [0.2, 0.25) is 0 Å². The third-order valence-corrected chi connectivity index (χ3v) is 5.37. The molecule has 134 valence electrons. The molecule has 0 radical (unpaired) electrons. The predicted octanol–water partition coefficient (Wildman–Crippen LogP) is 4.42. The SMILES string of the molecule is C[C@@H](c1ccccc1)N(C)C(=O)COC(=O)c1cc2c(F)cccc2s1. The molecule has 0 spiro atoms. The van der Waals surface area contributed by atoms with Gasteiger partial charge in [-0.15, -0.1) is 11.3 Å². The van der Waals surface area contributed by atoms with E-state index in [1.54, 1.807) is 19.2 Å². The summed E-state index contributed by atoms with van der Waals surface area (Å²) in [5, 5.41) is 0.380. The number of ether oxygens (including phenoxy) is 1. The third kappa shape index (κ3) is 3.75. The van der Waals surface area contributed by atoms with E-state index in [-0.39, 0.29) is 29.3 Å². The summed E-state index contributed by atoms with van der Waals surface area (Å²) >= 11 is 1.14. The average Bonchev–Trinajstić information content (AvgIpc) is 3.11. The van der Waals surface area contributed by atoms with Gasteiger partial charge < -0.3 is 9.64 Å². The Labute approximate surface area is 154 Å². The lowest BCUT2D eigenvalue weighted by atomic mass is 10.1. The van der Waals surface area contributed by atoms with E-state index in [1.165, 1.54) is 17.0 Å². The van der Waals surface area contributed by atoms with Crippen LogP contribution in [-0.2, 0) is 9.53 Å². The highest BCUT2D eigenvalue weighted by Crippen LogP contribution is 2.28. The van der Waals surface area contributed by atoms with Gasteiger partial charge >= 0.3 is 5.97 Å². The van der Waals surface area contributed by atoms with Crippen molar-refractivity contribution < 1.29 is 18.7 Å². The van der Waals surface area contributed by atoms with E-state index in [0.29, 0.717) is 10.1 Å². The minimum atomic E-state index is -0.625. The second kappa shape index (κ2) is 7.66. The van der Waals surface area contributed by atoms with Crippen molar-refractivity contribution in [3.63, 3.8) is 0 Å². The largest absolute Gasteiger partial charge is 0.451 e. The van der Waals surface area contributed by atoms with Crippen molar-refractivity contribution in [2.24, 2.45) is 0 Å². The van der Waals surface area contributed by atoms with Crippen LogP contribution in [0.2, 0.25) is 0 Å². The molecule has 0 N–H and O–H groups in total. The summed E-state index contributed by atoms with van der Waals surface area (Å²) in [6.07, 6.45) is 0. The van der Waals surface area contributed by atoms with Crippen molar-refractivity contribution in [2.75, 3.05) is 13.7 Å². The molecule has 1 heterocycles. The van der Waals surface area contributed by atoms with Gasteiger partial charge in [0.25, 0.3) is 5.91 Å². The smallest absolute Gasteiger partial charge is 0.348 e. The van der Waals surface area contributed by atoms with Crippen LogP contribution in [0.4, 0.5) is 4.39 Å². The number of thiophene rings is 1. The first-order chi connectivity index (χ1) is 12.5. The molecule has 0 aliphatic rings. The number of carbonyl (C=O) groups excluding carboxylic acids is 2. The van der Waals surface area contributed by atoms with Gasteiger partial charge in [0, 0.05) is 17.1 Å². The van der Waals surface area contributed by atoms with E-state index in [2.05, 4.69) is 0 Å². The first-order valence-electron chi connectivity index (χ1n) is 8.13. The molecule has 1 amide bonds. The van der Waals surface area contributed by atoms with Crippen molar-refractivity contribution in [2.45, 2.75) is 13.0 Å². The van der Waals surface area contributed by atoms with Crippen LogP contribution in [0, 0.1) is 5.82 Å². The van der Waals surface area contributed by atoms with Crippen molar-refractivity contribution in [1.82, 2.24) is 4.90 Å². The van der Waals surface area contributed by atoms with E-state index < -0.39 is 5.97 Å². The van der Waals surface area contributed by atoms with Crippen LogP contribution >= 0.6 is 11.3 Å². The van der Waals surface area contributed by atoms with E-state index in [9.17, 15) is 14.0 Å². The van der Waals surface area contributed by atoms with Crippen molar-refractivity contribution in [3.8, 4) is 0 Å². The molecule has 6 heteroatoms. The van der Waals surface area contributed by atoms with Gasteiger partial charge in [-0.2, -0.15) is 0 Å². The Kier molecular flexibility index (Phi) is 5.32. The highest BCUT2D eigenvalue weighted by Gasteiger charge is 2.20. The molecular weight excluding hydrogens is 353 g/mol. The van der Waals surface area contributed by atoms with E-state index in [4.69, 9.17) is 4.74 Å². The van der Waals surface area contributed by atoms with Crippen LogP contribution in [0.3, 0.4) is 0 Å². The van der Waals surface area contributed by atoms with Crippen molar-refractivity contribution in [3.05, 3.63) is 70.9 Å². The molecule has 1 aromatic heterocycles. The molecule has 0 unspecified atom stereocenters. The van der Waals surface area contributed by atoms with Gasteiger partial charge in [-0.3, -0.25) is 4.79 Å². The highest BCUT2D eigenvalue weighted by atomic mass is 32.1. The molecule has 4 nitrogen and oxygen atoms in total. The number of esters is 1. The van der Waals surface area contributed by atoms with E-state index in [0.717, 1.165) is 16.9 Å². The van der Waals surface area contributed by atoms with Gasteiger partial charge in [0.1, 0.15) is 10.7 Å². The van der Waals surface area contributed by atoms with Gasteiger partial charge in [-0.1, -0.05) is 36.4 Å². The van der Waals surface area contributed by atoms with Crippen LogP contribution in [0.15, 0.2) is 54.6 Å². The quantitative estimate of drug-likeness (QED) is 0.624. The summed E-state index contributed by atoms with van der Waals surface area (Å²) in [7, 11) is 1.67. The Balaban J connectivity index is 1.63. The molecule has 0 aliphatic carbocycles. The summed E-state index contributed by atoms with van der Waals surface area (Å²) in [6.45, 7) is 1.55. The number of amides is 1. The molecule has 0 saturated heterocycles. The number of fused-ring (bicyclic) bond motifs is 1. The number of hydrogen-bond acceptors (Lipinski definition) is 4. The Bertz CT molecular complexity index is 939. The lowest BCUT2D eigenvalue weighted by Gasteiger charge is -2.25. The molecule has 0 fully saturated rings. The van der Waals surface area contributed by atoms with Crippen LogP contribution < -0.4 is 0 Å². The first kappa shape index (κ1) is 18.1. The summed E-state index contributed by atoms with van der Waals surface area (Å²) in [5.41, 5.74) is 0.995. The van der Waals surface area contributed by atoms with Gasteiger partial charge in [0.05, 0.1) is 6.04 Å². The number of nitrogens with zero attached hydrogens (tertiary/aromatic N) is 1. The second-order valence-electron chi connectivity index (χ2n) is 5.93. The normalized spacial score (nSPS) is 12.0. The molecule has 26 heavy (non-hydrogen) atoms. The molecule has 3 rings (SSSR count). The number of likely N-dealkylation sites (N-methyl/N-ethyl adjacent to an activating group) is 1. The van der Waals surface area contributed by atoms with Crippen LogP contribution in [0.1, 0.15) is 28.2 Å². The molecule has 3 aromatic rings. The molecule has 1 atom stereocenters. The lowest BCUT2D eigenvalue weighted by Crippen LogP contribution is -2.33. The molecular formula is C20H18FNO3S. The van der Waals surface area contributed by atoms with Crippen LogP contribution in [0.5, 0.6) is 0 Å².